The molecule has 0 radical (unpaired) electrons. The molecule has 2 amide bonds. The number of carbonyl (C=O) groups is 2. The summed E-state index contributed by atoms with van der Waals surface area (Å²) in [5.41, 5.74) is 1.03. The monoisotopic (exact) mass is 328 g/mol. The molecule has 114 valence electrons. The van der Waals surface area contributed by atoms with E-state index in [0.717, 1.165) is 22.6 Å². The van der Waals surface area contributed by atoms with Gasteiger partial charge >= 0.3 is 6.09 Å². The number of halogens is 1. The van der Waals surface area contributed by atoms with E-state index in [1.165, 1.54) is 0 Å². The standard InChI is InChI=1S/C14H17ClN2O3S/c1-2-20-14(19)16-8-13(18)17-11-5-6-21-12-4-3-9(15)7-10(11)12/h3-4,7,11H,2,5-6,8H2,1H3,(H,16,19)(H,17,18)/t11-/m0/s1. The lowest BCUT2D eigenvalue weighted by atomic mass is 10.0. The van der Waals surface area contributed by atoms with Crippen LogP contribution in [-0.2, 0) is 9.53 Å². The predicted molar refractivity (Wildman–Crippen MR) is 82.7 cm³/mol. The van der Waals surface area contributed by atoms with Gasteiger partial charge in [0.2, 0.25) is 5.91 Å². The Kier molecular flexibility index (Phi) is 5.76. The predicted octanol–water partition coefficient (Wildman–Crippen LogP) is 2.74. The van der Waals surface area contributed by atoms with Gasteiger partial charge in [0.1, 0.15) is 6.54 Å². The quantitative estimate of drug-likeness (QED) is 0.891. The van der Waals surface area contributed by atoms with Crippen molar-refractivity contribution in [3.05, 3.63) is 28.8 Å². The smallest absolute Gasteiger partial charge is 0.407 e. The van der Waals surface area contributed by atoms with Crippen molar-refractivity contribution in [2.45, 2.75) is 24.3 Å². The van der Waals surface area contributed by atoms with Gasteiger partial charge in [0.05, 0.1) is 12.6 Å². The summed E-state index contributed by atoms with van der Waals surface area (Å²) in [4.78, 5) is 24.2. The minimum absolute atomic E-state index is 0.0727. The summed E-state index contributed by atoms with van der Waals surface area (Å²) in [6, 6.07) is 5.63. The van der Waals surface area contributed by atoms with E-state index in [9.17, 15) is 9.59 Å². The number of carbonyl (C=O) groups excluding carboxylic acids is 2. The van der Waals surface area contributed by atoms with Crippen LogP contribution < -0.4 is 10.6 Å². The number of amides is 2. The zero-order valence-electron chi connectivity index (χ0n) is 11.6. The van der Waals surface area contributed by atoms with E-state index >= 15 is 0 Å². The highest BCUT2D eigenvalue weighted by Gasteiger charge is 2.22. The first kappa shape index (κ1) is 16.0. The summed E-state index contributed by atoms with van der Waals surface area (Å²) in [6.45, 7) is 1.89. The fraction of sp³-hybridized carbons (Fsp3) is 0.429. The van der Waals surface area contributed by atoms with Crippen molar-refractivity contribution in [3.63, 3.8) is 0 Å². The molecule has 0 aromatic heterocycles. The number of hydrogen-bond acceptors (Lipinski definition) is 4. The largest absolute Gasteiger partial charge is 0.450 e. The van der Waals surface area contributed by atoms with Crippen LogP contribution in [0.3, 0.4) is 0 Å². The molecule has 1 aromatic rings. The van der Waals surface area contributed by atoms with Crippen molar-refractivity contribution in [2.75, 3.05) is 18.9 Å². The normalized spacial score (nSPS) is 16.8. The molecule has 1 atom stereocenters. The van der Waals surface area contributed by atoms with Crippen molar-refractivity contribution >= 4 is 35.4 Å². The fourth-order valence-corrected chi connectivity index (χ4v) is 3.38. The maximum Gasteiger partial charge on any atom is 0.407 e. The SMILES string of the molecule is CCOC(=O)NCC(=O)N[C@H]1CCSc2ccc(Cl)cc21. The molecule has 1 aliphatic heterocycles. The Morgan fingerprint density at radius 2 is 2.29 bits per heavy atom. The molecule has 1 aliphatic rings. The van der Waals surface area contributed by atoms with Gasteiger partial charge in [-0.2, -0.15) is 0 Å². The van der Waals surface area contributed by atoms with Crippen molar-refractivity contribution < 1.29 is 14.3 Å². The lowest BCUT2D eigenvalue weighted by Gasteiger charge is -2.26. The molecule has 0 spiro atoms. The molecule has 21 heavy (non-hydrogen) atoms. The van der Waals surface area contributed by atoms with Crippen molar-refractivity contribution in [3.8, 4) is 0 Å². The second-order valence-electron chi connectivity index (χ2n) is 4.51. The Morgan fingerprint density at radius 3 is 3.05 bits per heavy atom. The number of alkyl carbamates (subject to hydrolysis) is 1. The van der Waals surface area contributed by atoms with Gasteiger partial charge in [-0.25, -0.2) is 4.79 Å². The number of rotatable bonds is 4. The van der Waals surface area contributed by atoms with Crippen molar-refractivity contribution in [1.29, 1.82) is 0 Å². The highest BCUT2D eigenvalue weighted by molar-refractivity contribution is 7.99. The number of ether oxygens (including phenoxy) is 1. The zero-order chi connectivity index (χ0) is 15.2. The van der Waals surface area contributed by atoms with E-state index in [-0.39, 0.29) is 25.1 Å². The number of benzene rings is 1. The molecular weight excluding hydrogens is 312 g/mol. The van der Waals surface area contributed by atoms with Gasteiger partial charge in [0, 0.05) is 15.7 Å². The Morgan fingerprint density at radius 1 is 1.48 bits per heavy atom. The Hall–Kier alpha value is -1.40. The number of nitrogens with one attached hydrogen (secondary N) is 2. The summed E-state index contributed by atoms with van der Waals surface area (Å²) in [7, 11) is 0. The van der Waals surface area contributed by atoms with Crippen LogP contribution in [0.15, 0.2) is 23.1 Å². The first-order valence-corrected chi connectivity index (χ1v) is 8.08. The van der Waals surface area contributed by atoms with Crippen LogP contribution in [0.4, 0.5) is 4.79 Å². The van der Waals surface area contributed by atoms with E-state index < -0.39 is 6.09 Å². The van der Waals surface area contributed by atoms with Crippen LogP contribution >= 0.6 is 23.4 Å². The number of fused-ring (bicyclic) bond motifs is 1. The molecular formula is C14H17ClN2O3S. The van der Waals surface area contributed by atoms with Gasteiger partial charge in [-0.1, -0.05) is 11.6 Å². The van der Waals surface area contributed by atoms with Crippen LogP contribution in [0.25, 0.3) is 0 Å². The topological polar surface area (TPSA) is 67.4 Å². The maximum absolute atomic E-state index is 11.9. The summed E-state index contributed by atoms with van der Waals surface area (Å²) in [5.74, 6) is 0.691. The molecule has 0 unspecified atom stereocenters. The third-order valence-corrected chi connectivity index (χ3v) is 4.37. The summed E-state index contributed by atoms with van der Waals surface area (Å²) < 4.78 is 4.70. The molecule has 2 rings (SSSR count). The van der Waals surface area contributed by atoms with Gasteiger partial charge in [0.25, 0.3) is 0 Å². The third kappa shape index (κ3) is 4.54. The number of thioether (sulfide) groups is 1. The lowest BCUT2D eigenvalue weighted by molar-refractivity contribution is -0.121. The van der Waals surface area contributed by atoms with Crippen LogP contribution in [0.5, 0.6) is 0 Å². The average molecular weight is 329 g/mol. The zero-order valence-corrected chi connectivity index (χ0v) is 13.2. The summed E-state index contributed by atoms with van der Waals surface area (Å²) >= 11 is 7.77. The van der Waals surface area contributed by atoms with Gasteiger partial charge < -0.3 is 15.4 Å². The van der Waals surface area contributed by atoms with Crippen LogP contribution in [0, 0.1) is 0 Å². The highest BCUT2D eigenvalue weighted by Crippen LogP contribution is 2.37. The first-order chi connectivity index (χ1) is 10.1. The first-order valence-electron chi connectivity index (χ1n) is 6.72. The van der Waals surface area contributed by atoms with E-state index in [1.807, 2.05) is 18.2 Å². The Labute approximate surface area is 132 Å². The third-order valence-electron chi connectivity index (χ3n) is 3.02. The number of hydrogen-bond donors (Lipinski definition) is 2. The van der Waals surface area contributed by atoms with Gasteiger partial charge in [-0.05, 0) is 37.1 Å². The van der Waals surface area contributed by atoms with Crippen molar-refractivity contribution in [1.82, 2.24) is 10.6 Å². The van der Waals surface area contributed by atoms with E-state index in [0.29, 0.717) is 5.02 Å². The Bertz CT molecular complexity index is 539. The Balaban J connectivity index is 1.93. The molecule has 0 fully saturated rings. The average Bonchev–Trinajstić information content (AvgIpc) is 2.46. The molecule has 7 heteroatoms. The van der Waals surface area contributed by atoms with Crippen molar-refractivity contribution in [2.24, 2.45) is 0 Å². The van der Waals surface area contributed by atoms with Crippen LogP contribution in [-0.4, -0.2) is 30.9 Å². The molecule has 0 saturated carbocycles. The fourth-order valence-electron chi connectivity index (χ4n) is 2.10. The molecule has 0 bridgehead atoms. The van der Waals surface area contributed by atoms with Crippen LogP contribution in [0.2, 0.25) is 5.02 Å². The second kappa shape index (κ2) is 7.56. The minimum atomic E-state index is -0.588. The van der Waals surface area contributed by atoms with E-state index in [2.05, 4.69) is 10.6 Å². The van der Waals surface area contributed by atoms with E-state index in [4.69, 9.17) is 16.3 Å². The summed E-state index contributed by atoms with van der Waals surface area (Å²) in [6.07, 6.45) is 0.249. The second-order valence-corrected chi connectivity index (χ2v) is 6.09. The van der Waals surface area contributed by atoms with Crippen LogP contribution in [0.1, 0.15) is 24.9 Å². The molecule has 1 heterocycles. The van der Waals surface area contributed by atoms with E-state index in [1.54, 1.807) is 18.7 Å². The lowest BCUT2D eigenvalue weighted by Crippen LogP contribution is -2.39. The van der Waals surface area contributed by atoms with Gasteiger partial charge in [-0.3, -0.25) is 4.79 Å². The molecule has 2 N–H and O–H groups in total. The maximum atomic E-state index is 11.9. The molecule has 0 saturated heterocycles. The molecule has 5 nitrogen and oxygen atoms in total. The highest BCUT2D eigenvalue weighted by atomic mass is 35.5. The molecule has 1 aromatic carbocycles. The summed E-state index contributed by atoms with van der Waals surface area (Å²) in [5, 5.41) is 5.98. The molecule has 0 aliphatic carbocycles. The van der Waals surface area contributed by atoms with Gasteiger partial charge in [-0.15, -0.1) is 11.8 Å². The minimum Gasteiger partial charge on any atom is -0.450 e. The van der Waals surface area contributed by atoms with Gasteiger partial charge in [0.15, 0.2) is 0 Å².